The van der Waals surface area contributed by atoms with Crippen LogP contribution in [-0.2, 0) is 9.59 Å². The Labute approximate surface area is 164 Å². The molecule has 0 aliphatic carbocycles. The number of carbonyl (C=O) groups is 2. The summed E-state index contributed by atoms with van der Waals surface area (Å²) in [5.41, 5.74) is 0.764. The number of methoxy groups -OCH3 is 1. The first kappa shape index (κ1) is 19.9. The molecule has 2 aromatic rings. The topological polar surface area (TPSA) is 97.6 Å². The number of benzene rings is 1. The molecule has 0 saturated carbocycles. The van der Waals surface area contributed by atoms with Crippen LogP contribution in [0, 0.1) is 0 Å². The number of likely N-dealkylation sites (tertiary alicyclic amines) is 1. The van der Waals surface area contributed by atoms with Gasteiger partial charge in [0.05, 0.1) is 7.11 Å². The molecule has 1 saturated heterocycles. The zero-order chi connectivity index (χ0) is 20.1. The molecule has 150 valence electrons. The van der Waals surface area contributed by atoms with Gasteiger partial charge in [-0.15, -0.1) is 0 Å². The lowest BCUT2D eigenvalue weighted by Gasteiger charge is -2.24. The summed E-state index contributed by atoms with van der Waals surface area (Å²) in [6, 6.07) is 6.46. The summed E-state index contributed by atoms with van der Waals surface area (Å²) < 4.78 is 10.5. The van der Waals surface area contributed by atoms with Crippen LogP contribution < -0.4 is 10.1 Å². The fourth-order valence-corrected chi connectivity index (χ4v) is 3.36. The Morgan fingerprint density at radius 1 is 1.43 bits per heavy atom. The highest BCUT2D eigenvalue weighted by atomic mass is 16.5. The summed E-state index contributed by atoms with van der Waals surface area (Å²) in [7, 11) is 1.59. The van der Waals surface area contributed by atoms with E-state index in [1.54, 1.807) is 18.9 Å². The molecule has 1 aromatic carbocycles. The van der Waals surface area contributed by atoms with Crippen LogP contribution in [0.15, 0.2) is 28.8 Å². The molecule has 1 aromatic heterocycles. The van der Waals surface area contributed by atoms with Gasteiger partial charge in [-0.2, -0.15) is 4.98 Å². The van der Waals surface area contributed by atoms with Crippen molar-refractivity contribution < 1.29 is 18.8 Å². The lowest BCUT2D eigenvalue weighted by molar-refractivity contribution is -0.138. The molecule has 0 bridgehead atoms. The molecular formula is C20H26N4O4. The largest absolute Gasteiger partial charge is 0.497 e. The third-order valence-corrected chi connectivity index (χ3v) is 4.84. The monoisotopic (exact) mass is 386 g/mol. The first-order valence-corrected chi connectivity index (χ1v) is 9.61. The Bertz CT molecular complexity index is 835. The van der Waals surface area contributed by atoms with E-state index in [2.05, 4.69) is 15.5 Å². The second kappa shape index (κ2) is 8.86. The van der Waals surface area contributed by atoms with Gasteiger partial charge in [0, 0.05) is 18.5 Å². The van der Waals surface area contributed by atoms with Crippen LogP contribution in [0.1, 0.15) is 51.5 Å². The molecule has 2 amide bonds. The van der Waals surface area contributed by atoms with Gasteiger partial charge in [0.25, 0.3) is 0 Å². The minimum Gasteiger partial charge on any atom is -0.497 e. The first-order chi connectivity index (χ1) is 13.5. The van der Waals surface area contributed by atoms with Gasteiger partial charge in [-0.25, -0.2) is 0 Å². The highest BCUT2D eigenvalue weighted by molar-refractivity contribution is 5.88. The second-order valence-electron chi connectivity index (χ2n) is 6.91. The van der Waals surface area contributed by atoms with Crippen molar-refractivity contribution in [2.75, 3.05) is 13.7 Å². The normalized spacial score (nSPS) is 17.4. The van der Waals surface area contributed by atoms with Crippen LogP contribution in [0.4, 0.5) is 0 Å². The van der Waals surface area contributed by atoms with Crippen molar-refractivity contribution in [3.05, 3.63) is 30.2 Å². The Kier molecular flexibility index (Phi) is 6.28. The molecule has 0 spiro atoms. The Morgan fingerprint density at radius 3 is 3.00 bits per heavy atom. The zero-order valence-electron chi connectivity index (χ0n) is 16.5. The number of hydrogen-bond acceptors (Lipinski definition) is 6. The summed E-state index contributed by atoms with van der Waals surface area (Å²) >= 11 is 0. The Balaban J connectivity index is 1.66. The average Bonchev–Trinajstić information content (AvgIpc) is 3.38. The molecule has 2 unspecified atom stereocenters. The summed E-state index contributed by atoms with van der Waals surface area (Å²) in [6.07, 6.45) is 2.75. The van der Waals surface area contributed by atoms with Crippen molar-refractivity contribution in [2.24, 2.45) is 0 Å². The number of carbonyl (C=O) groups excluding carboxylic acids is 2. The average molecular weight is 386 g/mol. The number of nitrogens with zero attached hydrogens (tertiary/aromatic N) is 3. The van der Waals surface area contributed by atoms with Gasteiger partial charge in [-0.05, 0) is 38.3 Å². The van der Waals surface area contributed by atoms with Gasteiger partial charge in [0.1, 0.15) is 17.8 Å². The van der Waals surface area contributed by atoms with E-state index in [0.29, 0.717) is 36.9 Å². The molecule has 1 N–H and O–H groups in total. The number of aromatic nitrogens is 2. The van der Waals surface area contributed by atoms with Crippen molar-refractivity contribution in [2.45, 2.75) is 51.6 Å². The minimum absolute atomic E-state index is 0.0332. The SMILES string of the molecule is CCCC(=O)N1CCCC1C(=O)NC(C)c1nc(-c2cccc(OC)c2)no1. The summed E-state index contributed by atoms with van der Waals surface area (Å²) in [4.78, 5) is 31.0. The van der Waals surface area contributed by atoms with E-state index >= 15 is 0 Å². The molecule has 0 radical (unpaired) electrons. The maximum atomic E-state index is 12.7. The van der Waals surface area contributed by atoms with Crippen LogP contribution in [0.5, 0.6) is 5.75 Å². The van der Waals surface area contributed by atoms with E-state index < -0.39 is 12.1 Å². The van der Waals surface area contributed by atoms with Gasteiger partial charge in [0.15, 0.2) is 0 Å². The van der Waals surface area contributed by atoms with Crippen molar-refractivity contribution in [1.29, 1.82) is 0 Å². The lowest BCUT2D eigenvalue weighted by Crippen LogP contribution is -2.46. The van der Waals surface area contributed by atoms with Crippen LogP contribution in [0.2, 0.25) is 0 Å². The number of amides is 2. The summed E-state index contributed by atoms with van der Waals surface area (Å²) in [5.74, 6) is 1.29. The molecule has 3 rings (SSSR count). The Morgan fingerprint density at radius 2 is 2.25 bits per heavy atom. The molecule has 2 atom stereocenters. The van der Waals surface area contributed by atoms with Gasteiger partial charge < -0.3 is 19.5 Å². The van der Waals surface area contributed by atoms with Crippen LogP contribution in [-0.4, -0.2) is 46.6 Å². The molecule has 1 aliphatic heterocycles. The predicted molar refractivity (Wildman–Crippen MR) is 102 cm³/mol. The van der Waals surface area contributed by atoms with Gasteiger partial charge in [-0.3, -0.25) is 9.59 Å². The molecular weight excluding hydrogens is 360 g/mol. The third-order valence-electron chi connectivity index (χ3n) is 4.84. The van der Waals surface area contributed by atoms with E-state index in [4.69, 9.17) is 9.26 Å². The van der Waals surface area contributed by atoms with E-state index in [9.17, 15) is 9.59 Å². The number of ether oxygens (including phenoxy) is 1. The Hall–Kier alpha value is -2.90. The number of rotatable bonds is 7. The van der Waals surface area contributed by atoms with Crippen molar-refractivity contribution >= 4 is 11.8 Å². The van der Waals surface area contributed by atoms with Crippen molar-refractivity contribution in [3.8, 4) is 17.1 Å². The molecule has 1 fully saturated rings. The molecule has 1 aliphatic rings. The molecule has 8 heteroatoms. The highest BCUT2D eigenvalue weighted by Crippen LogP contribution is 2.24. The van der Waals surface area contributed by atoms with E-state index in [1.165, 1.54) is 0 Å². The number of nitrogens with one attached hydrogen (secondary N) is 1. The maximum absolute atomic E-state index is 12.7. The summed E-state index contributed by atoms with van der Waals surface area (Å²) in [5, 5.41) is 6.90. The van der Waals surface area contributed by atoms with Gasteiger partial charge in [0.2, 0.25) is 23.5 Å². The third kappa shape index (κ3) is 4.32. The fraction of sp³-hybridized carbons (Fsp3) is 0.500. The molecule has 28 heavy (non-hydrogen) atoms. The van der Waals surface area contributed by atoms with E-state index in [0.717, 1.165) is 18.4 Å². The number of hydrogen-bond donors (Lipinski definition) is 1. The quantitative estimate of drug-likeness (QED) is 0.786. The van der Waals surface area contributed by atoms with Crippen molar-refractivity contribution in [1.82, 2.24) is 20.4 Å². The minimum atomic E-state index is -0.455. The lowest BCUT2D eigenvalue weighted by atomic mass is 10.1. The highest BCUT2D eigenvalue weighted by Gasteiger charge is 2.34. The van der Waals surface area contributed by atoms with Gasteiger partial charge >= 0.3 is 0 Å². The smallest absolute Gasteiger partial charge is 0.249 e. The second-order valence-corrected chi connectivity index (χ2v) is 6.91. The van der Waals surface area contributed by atoms with Crippen LogP contribution in [0.3, 0.4) is 0 Å². The predicted octanol–water partition coefficient (Wildman–Crippen LogP) is 2.71. The van der Waals surface area contributed by atoms with Crippen molar-refractivity contribution in [3.63, 3.8) is 0 Å². The molecule has 2 heterocycles. The zero-order valence-corrected chi connectivity index (χ0v) is 16.5. The van der Waals surface area contributed by atoms with E-state index in [1.807, 2.05) is 31.2 Å². The first-order valence-electron chi connectivity index (χ1n) is 9.61. The fourth-order valence-electron chi connectivity index (χ4n) is 3.36. The van der Waals surface area contributed by atoms with Gasteiger partial charge in [-0.1, -0.05) is 24.2 Å². The maximum Gasteiger partial charge on any atom is 0.249 e. The summed E-state index contributed by atoms with van der Waals surface area (Å²) in [6.45, 7) is 4.38. The van der Waals surface area contributed by atoms with E-state index in [-0.39, 0.29) is 11.8 Å². The standard InChI is InChI=1S/C20H26N4O4/c1-4-7-17(25)24-11-6-10-16(24)19(26)21-13(2)20-22-18(23-28-20)14-8-5-9-15(12-14)27-3/h5,8-9,12-13,16H,4,6-7,10-11H2,1-3H3,(H,21,26). The molecule has 8 nitrogen and oxygen atoms in total. The van der Waals surface area contributed by atoms with Crippen LogP contribution in [0.25, 0.3) is 11.4 Å². The van der Waals surface area contributed by atoms with Crippen LogP contribution >= 0.6 is 0 Å².